The third-order valence-corrected chi connectivity index (χ3v) is 4.90. The van der Waals surface area contributed by atoms with E-state index < -0.39 is 0 Å². The van der Waals surface area contributed by atoms with E-state index in [1.807, 2.05) is 6.07 Å². The van der Waals surface area contributed by atoms with Crippen LogP contribution in [0.15, 0.2) is 24.7 Å². The summed E-state index contributed by atoms with van der Waals surface area (Å²) in [6.45, 7) is 0. The SMILES string of the molecule is CN1[C@@H]2CC[C@H]1CC(NC(=O)n1ccn3nccc13)C2. The van der Waals surface area contributed by atoms with Crippen LogP contribution in [-0.2, 0) is 0 Å². The number of aromatic nitrogens is 3. The van der Waals surface area contributed by atoms with Crippen molar-refractivity contribution >= 4 is 11.7 Å². The molecule has 2 aromatic rings. The van der Waals surface area contributed by atoms with Gasteiger partial charge in [0.25, 0.3) is 0 Å². The zero-order valence-electron chi connectivity index (χ0n) is 11.6. The molecule has 2 aliphatic rings. The molecule has 6 nitrogen and oxygen atoms in total. The monoisotopic (exact) mass is 273 g/mol. The molecule has 0 aromatic carbocycles. The van der Waals surface area contributed by atoms with Crippen molar-refractivity contribution in [3.8, 4) is 0 Å². The maximum Gasteiger partial charge on any atom is 0.327 e. The van der Waals surface area contributed by atoms with Gasteiger partial charge in [0.2, 0.25) is 0 Å². The van der Waals surface area contributed by atoms with Crippen LogP contribution >= 0.6 is 0 Å². The fourth-order valence-electron chi connectivity index (χ4n) is 3.76. The van der Waals surface area contributed by atoms with Crippen LogP contribution in [0.4, 0.5) is 4.79 Å². The number of nitrogens with one attached hydrogen (secondary N) is 1. The molecule has 3 atom stereocenters. The lowest BCUT2D eigenvalue weighted by Crippen LogP contribution is -2.49. The summed E-state index contributed by atoms with van der Waals surface area (Å²) in [6, 6.07) is 3.37. The molecule has 2 saturated heterocycles. The first-order chi connectivity index (χ1) is 9.72. The van der Waals surface area contributed by atoms with Gasteiger partial charge in [-0.05, 0) is 32.7 Å². The highest BCUT2D eigenvalue weighted by molar-refractivity contribution is 5.81. The molecular weight excluding hydrogens is 254 g/mol. The average Bonchev–Trinajstić information content (AvgIpc) is 3.05. The molecule has 0 radical (unpaired) electrons. The van der Waals surface area contributed by atoms with Crippen LogP contribution in [0.2, 0.25) is 0 Å². The summed E-state index contributed by atoms with van der Waals surface area (Å²) >= 11 is 0. The van der Waals surface area contributed by atoms with Crippen molar-refractivity contribution in [3.05, 3.63) is 24.7 Å². The van der Waals surface area contributed by atoms with Gasteiger partial charge in [0.15, 0.2) is 0 Å². The van der Waals surface area contributed by atoms with E-state index in [2.05, 4.69) is 22.4 Å². The van der Waals surface area contributed by atoms with E-state index in [1.165, 1.54) is 12.8 Å². The van der Waals surface area contributed by atoms with E-state index >= 15 is 0 Å². The van der Waals surface area contributed by atoms with Crippen molar-refractivity contribution in [1.82, 2.24) is 24.4 Å². The molecule has 6 heteroatoms. The summed E-state index contributed by atoms with van der Waals surface area (Å²) in [4.78, 5) is 14.9. The Morgan fingerprint density at radius 2 is 2.05 bits per heavy atom. The minimum Gasteiger partial charge on any atom is -0.335 e. The average molecular weight is 273 g/mol. The molecule has 106 valence electrons. The summed E-state index contributed by atoms with van der Waals surface area (Å²) in [5.74, 6) is 0. The molecule has 0 spiro atoms. The van der Waals surface area contributed by atoms with E-state index in [4.69, 9.17) is 0 Å². The number of amides is 1. The molecule has 1 amide bonds. The van der Waals surface area contributed by atoms with Crippen LogP contribution in [0.3, 0.4) is 0 Å². The predicted octanol–water partition coefficient (Wildman–Crippen LogP) is 1.32. The Hall–Kier alpha value is -1.82. The highest BCUT2D eigenvalue weighted by Crippen LogP contribution is 2.34. The Morgan fingerprint density at radius 1 is 1.30 bits per heavy atom. The van der Waals surface area contributed by atoms with Gasteiger partial charge >= 0.3 is 6.03 Å². The van der Waals surface area contributed by atoms with Crippen molar-refractivity contribution in [2.24, 2.45) is 0 Å². The van der Waals surface area contributed by atoms with Crippen molar-refractivity contribution in [3.63, 3.8) is 0 Å². The minimum atomic E-state index is -0.0468. The number of nitrogens with zero attached hydrogens (tertiary/aromatic N) is 4. The fourth-order valence-corrected chi connectivity index (χ4v) is 3.76. The van der Waals surface area contributed by atoms with Crippen LogP contribution < -0.4 is 5.32 Å². The topological polar surface area (TPSA) is 54.6 Å². The second-order valence-corrected chi connectivity index (χ2v) is 5.97. The highest BCUT2D eigenvalue weighted by Gasteiger charge is 2.38. The Labute approximate surface area is 117 Å². The van der Waals surface area contributed by atoms with Crippen LogP contribution in [0.1, 0.15) is 25.7 Å². The molecule has 2 aliphatic heterocycles. The Morgan fingerprint density at radius 3 is 2.80 bits per heavy atom. The standard InChI is InChI=1S/C14H19N5O/c1-17-11-2-3-12(17)9-10(8-11)16-14(20)18-6-7-19-13(18)4-5-15-19/h4-7,10-12H,2-3,8-9H2,1H3,(H,16,20)/t10?,11-,12+. The molecule has 0 saturated carbocycles. The van der Waals surface area contributed by atoms with E-state index in [1.54, 1.807) is 27.7 Å². The number of fused-ring (bicyclic) bond motifs is 3. The number of carbonyl (C=O) groups excluding carboxylic acids is 1. The van der Waals surface area contributed by atoms with Crippen LogP contribution in [-0.4, -0.2) is 50.3 Å². The zero-order chi connectivity index (χ0) is 13.7. The summed E-state index contributed by atoms with van der Waals surface area (Å²) in [6.07, 6.45) is 9.93. The number of imidazole rings is 1. The maximum atomic E-state index is 12.4. The number of piperidine rings is 1. The first-order valence-electron chi connectivity index (χ1n) is 7.26. The molecule has 1 unspecified atom stereocenters. The lowest BCUT2D eigenvalue weighted by atomic mass is 9.98. The number of hydrogen-bond acceptors (Lipinski definition) is 3. The summed E-state index contributed by atoms with van der Waals surface area (Å²) in [5, 5.41) is 7.30. The lowest BCUT2D eigenvalue weighted by molar-refractivity contribution is 0.150. The zero-order valence-corrected chi connectivity index (χ0v) is 11.6. The molecule has 2 fully saturated rings. The van der Waals surface area contributed by atoms with E-state index in [-0.39, 0.29) is 6.03 Å². The Kier molecular flexibility index (Phi) is 2.60. The molecule has 0 aliphatic carbocycles. The van der Waals surface area contributed by atoms with Gasteiger partial charge in [0.05, 0.1) is 6.20 Å². The molecule has 2 aromatic heterocycles. The lowest BCUT2D eigenvalue weighted by Gasteiger charge is -2.36. The third-order valence-electron chi connectivity index (χ3n) is 4.90. The minimum absolute atomic E-state index is 0.0468. The van der Waals surface area contributed by atoms with Gasteiger partial charge in [-0.25, -0.2) is 9.31 Å². The molecule has 20 heavy (non-hydrogen) atoms. The van der Waals surface area contributed by atoms with Gasteiger partial charge in [-0.3, -0.25) is 4.57 Å². The van der Waals surface area contributed by atoms with Crippen LogP contribution in [0.5, 0.6) is 0 Å². The molecule has 4 heterocycles. The van der Waals surface area contributed by atoms with Crippen molar-refractivity contribution in [2.45, 2.75) is 43.8 Å². The maximum absolute atomic E-state index is 12.4. The van der Waals surface area contributed by atoms with Crippen molar-refractivity contribution in [2.75, 3.05) is 7.05 Å². The second kappa shape index (κ2) is 4.34. The smallest absolute Gasteiger partial charge is 0.327 e. The van der Waals surface area contributed by atoms with Gasteiger partial charge in [-0.1, -0.05) is 0 Å². The number of hydrogen-bond donors (Lipinski definition) is 1. The summed E-state index contributed by atoms with van der Waals surface area (Å²) in [7, 11) is 2.21. The predicted molar refractivity (Wildman–Crippen MR) is 74.7 cm³/mol. The Bertz CT molecular complexity index is 631. The summed E-state index contributed by atoms with van der Waals surface area (Å²) in [5.41, 5.74) is 0.804. The molecule has 2 bridgehead atoms. The second-order valence-electron chi connectivity index (χ2n) is 5.97. The molecule has 4 rings (SSSR count). The quantitative estimate of drug-likeness (QED) is 0.852. The first-order valence-corrected chi connectivity index (χ1v) is 7.26. The third kappa shape index (κ3) is 1.75. The molecular formula is C14H19N5O. The van der Waals surface area contributed by atoms with Gasteiger partial charge in [-0.2, -0.15) is 5.10 Å². The van der Waals surface area contributed by atoms with Gasteiger partial charge in [0, 0.05) is 36.6 Å². The fraction of sp³-hybridized carbons (Fsp3) is 0.571. The highest BCUT2D eigenvalue weighted by atomic mass is 16.2. The van der Waals surface area contributed by atoms with Crippen LogP contribution in [0.25, 0.3) is 5.65 Å². The van der Waals surface area contributed by atoms with E-state index in [0.29, 0.717) is 18.1 Å². The van der Waals surface area contributed by atoms with Gasteiger partial charge in [0.1, 0.15) is 5.65 Å². The Balaban J connectivity index is 1.50. The van der Waals surface area contributed by atoms with E-state index in [9.17, 15) is 4.79 Å². The summed E-state index contributed by atoms with van der Waals surface area (Å²) < 4.78 is 3.34. The van der Waals surface area contributed by atoms with Crippen molar-refractivity contribution in [1.29, 1.82) is 0 Å². The van der Waals surface area contributed by atoms with Crippen LogP contribution in [0, 0.1) is 0 Å². The molecule has 1 N–H and O–H groups in total. The first kappa shape index (κ1) is 12.0. The largest absolute Gasteiger partial charge is 0.335 e. The number of carbonyl (C=O) groups is 1. The number of rotatable bonds is 1. The van der Waals surface area contributed by atoms with Crippen molar-refractivity contribution < 1.29 is 4.79 Å². The van der Waals surface area contributed by atoms with Gasteiger partial charge < -0.3 is 10.2 Å². The normalized spacial score (nSPS) is 29.9. The van der Waals surface area contributed by atoms with E-state index in [0.717, 1.165) is 18.5 Å². The van der Waals surface area contributed by atoms with Gasteiger partial charge in [-0.15, -0.1) is 0 Å².